The average molecular weight is 557 g/mol. The number of hydrazone groups is 1. The van der Waals surface area contributed by atoms with Gasteiger partial charge in [0.25, 0.3) is 11.8 Å². The molecule has 3 aromatic carbocycles. The van der Waals surface area contributed by atoms with Crippen molar-refractivity contribution in [3.63, 3.8) is 0 Å². The first kappa shape index (κ1) is 28.7. The number of carbonyl (C=O) groups is 2. The van der Waals surface area contributed by atoms with Gasteiger partial charge in [0, 0.05) is 0 Å². The van der Waals surface area contributed by atoms with Gasteiger partial charge in [-0.15, -0.1) is 0 Å². The summed E-state index contributed by atoms with van der Waals surface area (Å²) in [5.41, 5.74) is 4.96. The summed E-state index contributed by atoms with van der Waals surface area (Å²) in [5, 5.41) is 7.01. The second kappa shape index (κ2) is 13.1. The van der Waals surface area contributed by atoms with Gasteiger partial charge in [-0.05, 0) is 65.6 Å². The zero-order valence-corrected chi connectivity index (χ0v) is 22.8. The number of carbonyl (C=O) groups excluding carboxylic acids is 2. The molecule has 0 radical (unpaired) electrons. The van der Waals surface area contributed by atoms with E-state index >= 15 is 0 Å². The summed E-state index contributed by atoms with van der Waals surface area (Å²) in [4.78, 5) is 24.5. The van der Waals surface area contributed by atoms with E-state index < -0.39 is 22.5 Å². The van der Waals surface area contributed by atoms with E-state index in [1.165, 1.54) is 6.21 Å². The topological polar surface area (TPSA) is 117 Å². The lowest BCUT2D eigenvalue weighted by atomic mass is 10.0. The molecule has 0 aliphatic heterocycles. The van der Waals surface area contributed by atoms with Crippen LogP contribution in [0.1, 0.15) is 30.9 Å². The van der Waals surface area contributed by atoms with Gasteiger partial charge in [-0.1, -0.05) is 49.7 Å². The fraction of sp³-hybridized carbons (Fsp3) is 0.222. The van der Waals surface area contributed by atoms with Crippen molar-refractivity contribution in [3.05, 3.63) is 88.9 Å². The van der Waals surface area contributed by atoms with E-state index in [0.29, 0.717) is 33.6 Å². The van der Waals surface area contributed by atoms with Crippen molar-refractivity contribution in [2.45, 2.75) is 19.8 Å². The lowest BCUT2D eigenvalue weighted by Gasteiger charge is -2.21. The molecule has 0 spiro atoms. The first-order valence-corrected chi connectivity index (χ1v) is 13.9. The van der Waals surface area contributed by atoms with Gasteiger partial charge in [-0.25, -0.2) is 13.8 Å². The summed E-state index contributed by atoms with van der Waals surface area (Å²) in [6.07, 6.45) is 2.46. The Bertz CT molecular complexity index is 1390. The van der Waals surface area contributed by atoms with Crippen LogP contribution < -0.4 is 19.8 Å². The first-order chi connectivity index (χ1) is 18.0. The number of para-hydroxylation sites is 1. The maximum atomic E-state index is 12.4. The minimum absolute atomic E-state index is 0.203. The van der Waals surface area contributed by atoms with Crippen LogP contribution in [0.15, 0.2) is 77.9 Å². The Labute approximate surface area is 227 Å². The summed E-state index contributed by atoms with van der Waals surface area (Å²) in [5.74, 6) is -0.185. The van der Waals surface area contributed by atoms with Crippen LogP contribution in [0.25, 0.3) is 0 Å². The molecular weight excluding hydrogens is 528 g/mol. The van der Waals surface area contributed by atoms with Gasteiger partial charge in [0.2, 0.25) is 10.0 Å². The van der Waals surface area contributed by atoms with Crippen molar-refractivity contribution in [2.75, 3.05) is 29.0 Å². The number of hydrogen-bond acceptors (Lipinski definition) is 6. The number of hydrogen-bond donors (Lipinski definition) is 2. The molecular formula is C27H29ClN4O5S. The monoisotopic (exact) mass is 556 g/mol. The van der Waals surface area contributed by atoms with E-state index in [1.54, 1.807) is 60.7 Å². The molecule has 2 N–H and O–H groups in total. The van der Waals surface area contributed by atoms with Crippen molar-refractivity contribution in [1.29, 1.82) is 0 Å². The van der Waals surface area contributed by atoms with Crippen LogP contribution in [0.5, 0.6) is 5.75 Å². The Morgan fingerprint density at radius 3 is 2.26 bits per heavy atom. The number of nitrogens with zero attached hydrogens (tertiary/aromatic N) is 2. The maximum absolute atomic E-state index is 12.4. The number of amides is 2. The molecule has 38 heavy (non-hydrogen) atoms. The van der Waals surface area contributed by atoms with Gasteiger partial charge < -0.3 is 10.1 Å². The molecule has 0 fully saturated rings. The minimum Gasteiger partial charge on any atom is -0.484 e. The number of ether oxygens (including phenoxy) is 1. The van der Waals surface area contributed by atoms with E-state index in [0.717, 1.165) is 16.1 Å². The molecule has 0 heterocycles. The summed E-state index contributed by atoms with van der Waals surface area (Å²) in [7, 11) is -3.69. The van der Waals surface area contributed by atoms with Crippen LogP contribution in [-0.2, 0) is 19.6 Å². The Morgan fingerprint density at radius 2 is 1.66 bits per heavy atom. The largest absolute Gasteiger partial charge is 0.484 e. The van der Waals surface area contributed by atoms with Crippen LogP contribution in [0, 0.1) is 0 Å². The molecule has 200 valence electrons. The Morgan fingerprint density at radius 1 is 1.00 bits per heavy atom. The van der Waals surface area contributed by atoms with Gasteiger partial charge in [0.05, 0.1) is 28.9 Å². The van der Waals surface area contributed by atoms with Crippen molar-refractivity contribution >= 4 is 51.0 Å². The molecule has 2 amide bonds. The average Bonchev–Trinajstić information content (AvgIpc) is 2.87. The third kappa shape index (κ3) is 8.60. The molecule has 0 unspecified atom stereocenters. The first-order valence-electron chi connectivity index (χ1n) is 11.7. The van der Waals surface area contributed by atoms with E-state index in [1.807, 2.05) is 26.0 Å². The normalized spacial score (nSPS) is 11.4. The maximum Gasteiger partial charge on any atom is 0.262 e. The van der Waals surface area contributed by atoms with Crippen molar-refractivity contribution < 1.29 is 22.7 Å². The van der Waals surface area contributed by atoms with Crippen LogP contribution in [0.3, 0.4) is 0 Å². The molecule has 0 aromatic heterocycles. The van der Waals surface area contributed by atoms with E-state index in [-0.39, 0.29) is 12.5 Å². The lowest BCUT2D eigenvalue weighted by molar-refractivity contribution is -0.119. The zero-order chi connectivity index (χ0) is 27.7. The summed E-state index contributed by atoms with van der Waals surface area (Å²) >= 11 is 6.03. The molecule has 11 heteroatoms. The van der Waals surface area contributed by atoms with Crippen LogP contribution in [0.2, 0.25) is 5.02 Å². The smallest absolute Gasteiger partial charge is 0.262 e. The van der Waals surface area contributed by atoms with Crippen molar-refractivity contribution in [1.82, 2.24) is 5.43 Å². The number of nitrogens with one attached hydrogen (secondary N) is 2. The number of anilines is 2. The van der Waals surface area contributed by atoms with Gasteiger partial charge in [0.15, 0.2) is 6.61 Å². The zero-order valence-electron chi connectivity index (χ0n) is 21.2. The Kier molecular flexibility index (Phi) is 9.86. The molecule has 0 aliphatic rings. The predicted molar refractivity (Wildman–Crippen MR) is 150 cm³/mol. The van der Waals surface area contributed by atoms with Gasteiger partial charge >= 0.3 is 0 Å². The standard InChI is InChI=1S/C27H29ClN4O5S/c1-19(2)21-10-12-22(13-11-21)32(38(3,35)36)17-26(33)31-29-16-20-8-14-23(15-9-20)37-18-27(34)30-25-7-5-4-6-24(25)28/h4-16,19H,17-18H2,1-3H3,(H,30,34)(H,31,33)/b29-16-. The summed E-state index contributed by atoms with van der Waals surface area (Å²) in [6.45, 7) is 3.46. The van der Waals surface area contributed by atoms with Crippen molar-refractivity contribution in [2.24, 2.45) is 5.10 Å². The molecule has 0 aliphatic carbocycles. The fourth-order valence-corrected chi connectivity index (χ4v) is 4.36. The number of sulfonamides is 1. The lowest BCUT2D eigenvalue weighted by Crippen LogP contribution is -2.39. The second-order valence-corrected chi connectivity index (χ2v) is 11.0. The molecule has 3 rings (SSSR count). The van der Waals surface area contributed by atoms with Gasteiger partial charge in [-0.3, -0.25) is 13.9 Å². The third-order valence-electron chi connectivity index (χ3n) is 5.34. The van der Waals surface area contributed by atoms with Gasteiger partial charge in [0.1, 0.15) is 12.3 Å². The molecule has 3 aromatic rings. The fourth-order valence-electron chi connectivity index (χ4n) is 3.32. The third-order valence-corrected chi connectivity index (χ3v) is 6.81. The molecule has 0 saturated carbocycles. The highest BCUT2D eigenvalue weighted by Gasteiger charge is 2.20. The quantitative estimate of drug-likeness (QED) is 0.268. The van der Waals surface area contributed by atoms with E-state index in [9.17, 15) is 18.0 Å². The molecule has 0 saturated heterocycles. The van der Waals surface area contributed by atoms with E-state index in [4.69, 9.17) is 16.3 Å². The summed E-state index contributed by atoms with van der Waals surface area (Å²) in [6, 6.07) is 20.6. The highest BCUT2D eigenvalue weighted by atomic mass is 35.5. The molecule has 0 bridgehead atoms. The Balaban J connectivity index is 1.51. The SMILES string of the molecule is CC(C)c1ccc(N(CC(=O)N/N=C\c2ccc(OCC(=O)Nc3ccccc3Cl)cc2)S(C)(=O)=O)cc1. The highest BCUT2D eigenvalue weighted by Crippen LogP contribution is 2.22. The number of rotatable bonds is 11. The van der Waals surface area contributed by atoms with Crippen LogP contribution in [0.4, 0.5) is 11.4 Å². The van der Waals surface area contributed by atoms with Gasteiger partial charge in [-0.2, -0.15) is 5.10 Å². The second-order valence-electron chi connectivity index (χ2n) is 8.69. The van der Waals surface area contributed by atoms with Crippen LogP contribution >= 0.6 is 11.6 Å². The summed E-state index contributed by atoms with van der Waals surface area (Å²) < 4.78 is 31.1. The van der Waals surface area contributed by atoms with Crippen LogP contribution in [-0.4, -0.2) is 45.9 Å². The number of halogens is 1. The Hall–Kier alpha value is -3.89. The van der Waals surface area contributed by atoms with E-state index in [2.05, 4.69) is 15.8 Å². The van der Waals surface area contributed by atoms with Crippen molar-refractivity contribution in [3.8, 4) is 5.75 Å². The predicted octanol–water partition coefficient (Wildman–Crippen LogP) is 4.40. The minimum atomic E-state index is -3.69. The highest BCUT2D eigenvalue weighted by molar-refractivity contribution is 7.92. The molecule has 0 atom stereocenters. The number of benzene rings is 3. The molecule has 9 nitrogen and oxygen atoms in total.